The van der Waals surface area contributed by atoms with Crippen LogP contribution >= 0.6 is 22.3 Å². The molecular formula is C6H3Cl2FO2S. The number of halogens is 3. The van der Waals surface area contributed by atoms with E-state index in [1.807, 2.05) is 0 Å². The highest BCUT2D eigenvalue weighted by molar-refractivity contribution is 8.13. The van der Waals surface area contributed by atoms with Gasteiger partial charge in [0.15, 0.2) is 0 Å². The van der Waals surface area contributed by atoms with Crippen LogP contribution in [0.5, 0.6) is 0 Å². The molecule has 0 N–H and O–H groups in total. The second-order valence-corrected chi connectivity index (χ2v) is 4.98. The zero-order valence-electron chi connectivity index (χ0n) is 5.59. The van der Waals surface area contributed by atoms with Crippen LogP contribution in [0.4, 0.5) is 4.39 Å². The van der Waals surface area contributed by atoms with Crippen LogP contribution in [0, 0.1) is 5.82 Å². The summed E-state index contributed by atoms with van der Waals surface area (Å²) in [6.07, 6.45) is 0. The van der Waals surface area contributed by atoms with Gasteiger partial charge in [-0.25, -0.2) is 12.8 Å². The Morgan fingerprint density at radius 2 is 1.92 bits per heavy atom. The van der Waals surface area contributed by atoms with E-state index in [1.165, 1.54) is 6.07 Å². The molecule has 0 unspecified atom stereocenters. The van der Waals surface area contributed by atoms with Crippen LogP contribution in [-0.4, -0.2) is 8.42 Å². The average molecular weight is 229 g/mol. The van der Waals surface area contributed by atoms with Gasteiger partial charge in [-0.05, 0) is 18.2 Å². The predicted molar refractivity (Wildman–Crippen MR) is 44.4 cm³/mol. The molecule has 2 nitrogen and oxygen atoms in total. The molecule has 0 radical (unpaired) electrons. The van der Waals surface area contributed by atoms with Gasteiger partial charge in [0.1, 0.15) is 10.7 Å². The fourth-order valence-electron chi connectivity index (χ4n) is 0.673. The average Bonchev–Trinajstić information content (AvgIpc) is 1.83. The van der Waals surface area contributed by atoms with Crippen molar-refractivity contribution in [2.24, 2.45) is 0 Å². The monoisotopic (exact) mass is 228 g/mol. The first-order valence-electron chi connectivity index (χ1n) is 2.81. The fourth-order valence-corrected chi connectivity index (χ4v) is 1.73. The van der Waals surface area contributed by atoms with Crippen molar-refractivity contribution in [3.63, 3.8) is 0 Å². The van der Waals surface area contributed by atoms with Gasteiger partial charge < -0.3 is 0 Å². The first-order chi connectivity index (χ1) is 5.41. The molecule has 66 valence electrons. The third-order valence-electron chi connectivity index (χ3n) is 1.16. The van der Waals surface area contributed by atoms with Crippen molar-refractivity contribution in [1.29, 1.82) is 0 Å². The highest BCUT2D eigenvalue weighted by Gasteiger charge is 2.15. The van der Waals surface area contributed by atoms with Crippen molar-refractivity contribution < 1.29 is 12.8 Å². The number of hydrogen-bond acceptors (Lipinski definition) is 2. The normalized spacial score (nSPS) is 11.6. The molecule has 1 aromatic carbocycles. The SMILES string of the molecule is O=S(=O)(Cl)c1ccc(Cl)cc1F. The maximum atomic E-state index is 12.8. The lowest BCUT2D eigenvalue weighted by atomic mass is 10.3. The molecule has 0 aliphatic heterocycles. The van der Waals surface area contributed by atoms with Crippen molar-refractivity contribution in [2.75, 3.05) is 0 Å². The highest BCUT2D eigenvalue weighted by Crippen LogP contribution is 2.21. The van der Waals surface area contributed by atoms with Gasteiger partial charge in [-0.1, -0.05) is 11.6 Å². The van der Waals surface area contributed by atoms with Crippen LogP contribution in [0.1, 0.15) is 0 Å². The second kappa shape index (κ2) is 3.20. The summed E-state index contributed by atoms with van der Waals surface area (Å²) in [5.74, 6) is -0.947. The van der Waals surface area contributed by atoms with Crippen LogP contribution in [0.2, 0.25) is 5.02 Å². The summed E-state index contributed by atoms with van der Waals surface area (Å²) < 4.78 is 34.1. The molecule has 6 heteroatoms. The molecule has 0 saturated carbocycles. The summed E-state index contributed by atoms with van der Waals surface area (Å²) in [6, 6.07) is 3.15. The van der Waals surface area contributed by atoms with E-state index in [2.05, 4.69) is 0 Å². The van der Waals surface area contributed by atoms with Gasteiger partial charge in [0.2, 0.25) is 0 Å². The molecular weight excluding hydrogens is 226 g/mol. The molecule has 0 aliphatic rings. The van der Waals surface area contributed by atoms with Gasteiger partial charge in [-0.15, -0.1) is 0 Å². The van der Waals surface area contributed by atoms with Gasteiger partial charge in [-0.3, -0.25) is 0 Å². The first kappa shape index (κ1) is 9.77. The lowest BCUT2D eigenvalue weighted by molar-refractivity contribution is 0.575. The molecule has 0 atom stereocenters. The smallest absolute Gasteiger partial charge is 0.207 e. The Balaban J connectivity index is 3.39. The summed E-state index contributed by atoms with van der Waals surface area (Å²) >= 11 is 5.39. The summed E-state index contributed by atoms with van der Waals surface area (Å²) in [5, 5.41) is 0.122. The molecule has 0 aromatic heterocycles. The van der Waals surface area contributed by atoms with E-state index in [0.29, 0.717) is 0 Å². The van der Waals surface area contributed by atoms with Gasteiger partial charge in [0.25, 0.3) is 9.05 Å². The van der Waals surface area contributed by atoms with Crippen LogP contribution in [-0.2, 0) is 9.05 Å². The molecule has 0 fully saturated rings. The Morgan fingerprint density at radius 1 is 1.33 bits per heavy atom. The fraction of sp³-hybridized carbons (Fsp3) is 0. The number of benzene rings is 1. The maximum Gasteiger partial charge on any atom is 0.264 e. The maximum absolute atomic E-state index is 12.8. The first-order valence-corrected chi connectivity index (χ1v) is 5.50. The van der Waals surface area contributed by atoms with Crippen molar-refractivity contribution in [2.45, 2.75) is 4.90 Å². The Bertz CT molecular complexity index is 402. The van der Waals surface area contributed by atoms with E-state index in [0.717, 1.165) is 12.1 Å². The Labute approximate surface area is 78.3 Å². The lowest BCUT2D eigenvalue weighted by Gasteiger charge is -1.97. The van der Waals surface area contributed by atoms with E-state index in [-0.39, 0.29) is 5.02 Å². The molecule has 0 aliphatic carbocycles. The predicted octanol–water partition coefficient (Wildman–Crippen LogP) is 2.41. The molecule has 0 amide bonds. The minimum absolute atomic E-state index is 0.122. The van der Waals surface area contributed by atoms with Crippen molar-refractivity contribution in [3.8, 4) is 0 Å². The van der Waals surface area contributed by atoms with E-state index in [1.54, 1.807) is 0 Å². The third-order valence-corrected chi connectivity index (χ3v) is 2.75. The van der Waals surface area contributed by atoms with Crippen molar-refractivity contribution in [1.82, 2.24) is 0 Å². The molecule has 0 heterocycles. The Kier molecular flexibility index (Phi) is 2.61. The zero-order chi connectivity index (χ0) is 9.35. The standard InChI is InChI=1S/C6H3Cl2FO2S/c7-4-1-2-6(5(9)3-4)12(8,10)11/h1-3H. The molecule has 1 rings (SSSR count). The van der Waals surface area contributed by atoms with Gasteiger partial charge in [-0.2, -0.15) is 0 Å². The quantitative estimate of drug-likeness (QED) is 0.693. The van der Waals surface area contributed by atoms with E-state index in [4.69, 9.17) is 22.3 Å². The lowest BCUT2D eigenvalue weighted by Crippen LogP contribution is -1.94. The van der Waals surface area contributed by atoms with Crippen molar-refractivity contribution in [3.05, 3.63) is 29.0 Å². The van der Waals surface area contributed by atoms with Gasteiger partial charge >= 0.3 is 0 Å². The van der Waals surface area contributed by atoms with Crippen LogP contribution in [0.3, 0.4) is 0 Å². The number of hydrogen-bond donors (Lipinski definition) is 0. The van der Waals surface area contributed by atoms with E-state index in [9.17, 15) is 12.8 Å². The van der Waals surface area contributed by atoms with Gasteiger partial charge in [0, 0.05) is 15.7 Å². The summed E-state index contributed by atoms with van der Waals surface area (Å²) in [4.78, 5) is -0.562. The zero-order valence-corrected chi connectivity index (χ0v) is 7.92. The minimum Gasteiger partial charge on any atom is -0.207 e. The third kappa shape index (κ3) is 2.09. The largest absolute Gasteiger partial charge is 0.264 e. The summed E-state index contributed by atoms with van der Waals surface area (Å²) in [7, 11) is 0.894. The number of rotatable bonds is 1. The highest BCUT2D eigenvalue weighted by atomic mass is 35.7. The van der Waals surface area contributed by atoms with Crippen LogP contribution in [0.25, 0.3) is 0 Å². The molecule has 0 spiro atoms. The molecule has 0 saturated heterocycles. The van der Waals surface area contributed by atoms with Gasteiger partial charge in [0.05, 0.1) is 0 Å². The van der Waals surface area contributed by atoms with Crippen LogP contribution < -0.4 is 0 Å². The molecule has 1 aromatic rings. The minimum atomic E-state index is -4.01. The van der Waals surface area contributed by atoms with Crippen LogP contribution in [0.15, 0.2) is 23.1 Å². The summed E-state index contributed by atoms with van der Waals surface area (Å²) in [5.41, 5.74) is 0. The second-order valence-electron chi connectivity index (χ2n) is 2.01. The van der Waals surface area contributed by atoms with E-state index < -0.39 is 19.8 Å². The van der Waals surface area contributed by atoms with E-state index >= 15 is 0 Å². The van der Waals surface area contributed by atoms with Crippen molar-refractivity contribution >= 4 is 31.3 Å². The Morgan fingerprint density at radius 3 is 2.33 bits per heavy atom. The Hall–Kier alpha value is -0.320. The molecule has 12 heavy (non-hydrogen) atoms. The molecule has 0 bridgehead atoms. The summed E-state index contributed by atoms with van der Waals surface area (Å²) in [6.45, 7) is 0. The topological polar surface area (TPSA) is 34.1 Å².